The van der Waals surface area contributed by atoms with Crippen LogP contribution in [0.5, 0.6) is 0 Å². The van der Waals surface area contributed by atoms with Gasteiger partial charge in [0, 0.05) is 20.9 Å². The van der Waals surface area contributed by atoms with E-state index in [1.165, 1.54) is 44.9 Å². The molecular weight excluding hydrogens is 286 g/mol. The number of nitrogens with two attached hydrogens (primary N) is 1. The van der Waals surface area contributed by atoms with Crippen molar-refractivity contribution < 1.29 is 6.22 Å². The van der Waals surface area contributed by atoms with Gasteiger partial charge in [0.25, 0.3) is 0 Å². The highest BCUT2D eigenvalue weighted by molar-refractivity contribution is 5.77. The van der Waals surface area contributed by atoms with Crippen LogP contribution in [0.2, 0.25) is 0 Å². The van der Waals surface area contributed by atoms with E-state index in [4.69, 9.17) is 5.73 Å². The number of aliphatic imine (C=N–C) groups is 1. The lowest BCUT2D eigenvalue weighted by Crippen LogP contribution is -2.42. The number of nitrogens with one attached hydrogen (secondary N) is 1. The van der Waals surface area contributed by atoms with Crippen LogP contribution in [-0.2, 0) is 4.79 Å². The summed E-state index contributed by atoms with van der Waals surface area (Å²) in [6.07, 6.45) is 11.7. The molecule has 5 saturated carbocycles. The SMILES string of the molecule is CN=C(C)N.O=C(CCC1CCCC1)NC1CC2CC3C(C2)C13.[HH]. The molecule has 0 aromatic heterocycles. The second kappa shape index (κ2) is 7.23. The first-order valence-electron chi connectivity index (χ1n) is 9.56. The van der Waals surface area contributed by atoms with Gasteiger partial charge in [-0.2, -0.15) is 0 Å². The Morgan fingerprint density at radius 2 is 1.83 bits per heavy atom. The zero-order chi connectivity index (χ0) is 16.4. The molecule has 5 aliphatic rings. The largest absolute Gasteiger partial charge is 0.388 e. The van der Waals surface area contributed by atoms with Crippen LogP contribution in [0.15, 0.2) is 4.99 Å². The Bertz CT molecular complexity index is 446. The number of carbonyl (C=O) groups is 1. The maximum absolute atomic E-state index is 12.0. The molecule has 1 amide bonds. The Labute approximate surface area is 142 Å². The van der Waals surface area contributed by atoms with Crippen molar-refractivity contribution in [3.8, 4) is 0 Å². The van der Waals surface area contributed by atoms with Crippen molar-refractivity contribution in [3.63, 3.8) is 0 Å². The van der Waals surface area contributed by atoms with Gasteiger partial charge < -0.3 is 11.1 Å². The number of rotatable bonds is 4. The fourth-order valence-corrected chi connectivity index (χ4v) is 5.38. The summed E-state index contributed by atoms with van der Waals surface area (Å²) in [5.74, 6) is 5.66. The summed E-state index contributed by atoms with van der Waals surface area (Å²) in [5, 5.41) is 3.36. The van der Waals surface area contributed by atoms with E-state index in [9.17, 15) is 4.79 Å². The fraction of sp³-hybridized carbons (Fsp3) is 0.895. The minimum atomic E-state index is 0. The van der Waals surface area contributed by atoms with Crippen LogP contribution < -0.4 is 11.1 Å². The molecule has 4 nitrogen and oxygen atoms in total. The smallest absolute Gasteiger partial charge is 0.220 e. The zero-order valence-corrected chi connectivity index (χ0v) is 14.8. The first-order valence-corrected chi connectivity index (χ1v) is 9.56. The summed E-state index contributed by atoms with van der Waals surface area (Å²) in [5.41, 5.74) is 5.04. The van der Waals surface area contributed by atoms with E-state index < -0.39 is 0 Å². The highest BCUT2D eigenvalue weighted by Crippen LogP contribution is 2.66. The second-order valence-corrected chi connectivity index (χ2v) is 8.21. The van der Waals surface area contributed by atoms with E-state index in [0.29, 0.717) is 17.8 Å². The van der Waals surface area contributed by atoms with E-state index in [1.54, 1.807) is 14.0 Å². The summed E-state index contributed by atoms with van der Waals surface area (Å²) >= 11 is 0. The number of hydrogen-bond donors (Lipinski definition) is 2. The molecule has 0 radical (unpaired) electrons. The van der Waals surface area contributed by atoms with Crippen LogP contribution in [-0.4, -0.2) is 24.8 Å². The quantitative estimate of drug-likeness (QED) is 0.616. The Morgan fingerprint density at radius 1 is 1.22 bits per heavy atom. The van der Waals surface area contributed by atoms with Crippen molar-refractivity contribution >= 4 is 11.7 Å². The molecule has 5 aliphatic carbocycles. The third-order valence-corrected chi connectivity index (χ3v) is 6.61. The standard InChI is InChI=1S/C16H25NO.C3H8N2.H2/c18-15(6-5-10-3-1-2-4-10)17-14-9-11-7-12-13(8-11)16(12)14;1-3(4)5-2;/h10-14,16H,1-9H2,(H,17,18);1-2H3,(H2,4,5);1H. The molecular formula is C19H35N3O. The van der Waals surface area contributed by atoms with Gasteiger partial charge in [-0.25, -0.2) is 0 Å². The molecule has 23 heavy (non-hydrogen) atoms. The zero-order valence-electron chi connectivity index (χ0n) is 14.8. The average Bonchev–Trinajstić information content (AvgIpc) is 2.93. The molecule has 0 aromatic carbocycles. The minimum Gasteiger partial charge on any atom is -0.388 e. The first-order chi connectivity index (χ1) is 11.1. The molecule has 3 atom stereocenters. The Balaban J connectivity index is 0.000000309. The maximum atomic E-state index is 12.0. The third-order valence-electron chi connectivity index (χ3n) is 6.61. The molecule has 0 aromatic rings. The summed E-state index contributed by atoms with van der Waals surface area (Å²) in [6, 6.07) is 0.559. The van der Waals surface area contributed by atoms with Gasteiger partial charge in [0.2, 0.25) is 5.91 Å². The van der Waals surface area contributed by atoms with Crippen molar-refractivity contribution in [2.45, 2.75) is 70.8 Å². The van der Waals surface area contributed by atoms with Gasteiger partial charge in [0.05, 0.1) is 5.84 Å². The third kappa shape index (κ3) is 4.07. The van der Waals surface area contributed by atoms with Gasteiger partial charge in [0.1, 0.15) is 0 Å². The summed E-state index contributed by atoms with van der Waals surface area (Å²) < 4.78 is 0. The molecule has 3 N–H and O–H groups in total. The van der Waals surface area contributed by atoms with Crippen molar-refractivity contribution in [2.24, 2.45) is 40.3 Å². The molecule has 0 aliphatic heterocycles. The first kappa shape index (κ1) is 16.8. The molecule has 5 rings (SSSR count). The van der Waals surface area contributed by atoms with Gasteiger partial charge >= 0.3 is 0 Å². The molecule has 0 heterocycles. The number of amides is 1. The molecule has 3 unspecified atom stereocenters. The number of nitrogens with zero attached hydrogens (tertiary/aromatic N) is 1. The molecule has 4 heteroatoms. The van der Waals surface area contributed by atoms with Gasteiger partial charge in [-0.15, -0.1) is 0 Å². The van der Waals surface area contributed by atoms with Gasteiger partial charge in [0.15, 0.2) is 0 Å². The predicted octanol–water partition coefficient (Wildman–Crippen LogP) is 3.36. The van der Waals surface area contributed by atoms with E-state index >= 15 is 0 Å². The van der Waals surface area contributed by atoms with Crippen molar-refractivity contribution in [3.05, 3.63) is 0 Å². The lowest BCUT2D eigenvalue weighted by Gasteiger charge is -2.31. The van der Waals surface area contributed by atoms with E-state index in [1.807, 2.05) is 0 Å². The van der Waals surface area contributed by atoms with Crippen LogP contribution >= 0.6 is 0 Å². The van der Waals surface area contributed by atoms with Crippen LogP contribution in [0.4, 0.5) is 0 Å². The monoisotopic (exact) mass is 321 g/mol. The molecule has 0 saturated heterocycles. The number of hydrogen-bond acceptors (Lipinski definition) is 2. The number of amidine groups is 1. The lowest BCUT2D eigenvalue weighted by atomic mass is 9.82. The normalized spacial score (nSPS) is 38.0. The highest BCUT2D eigenvalue weighted by Gasteiger charge is 2.63. The van der Waals surface area contributed by atoms with Gasteiger partial charge in [-0.1, -0.05) is 25.7 Å². The summed E-state index contributed by atoms with van der Waals surface area (Å²) in [7, 11) is 1.66. The van der Waals surface area contributed by atoms with Crippen LogP contribution in [0.3, 0.4) is 0 Å². The van der Waals surface area contributed by atoms with Crippen LogP contribution in [0, 0.1) is 29.6 Å². The van der Waals surface area contributed by atoms with Crippen molar-refractivity contribution in [2.75, 3.05) is 7.05 Å². The van der Waals surface area contributed by atoms with E-state index in [2.05, 4.69) is 10.3 Å². The van der Waals surface area contributed by atoms with Gasteiger partial charge in [-0.3, -0.25) is 9.79 Å². The van der Waals surface area contributed by atoms with Crippen molar-refractivity contribution in [1.29, 1.82) is 0 Å². The van der Waals surface area contributed by atoms with Crippen molar-refractivity contribution in [1.82, 2.24) is 5.32 Å². The minimum absolute atomic E-state index is 0. The van der Waals surface area contributed by atoms with E-state index in [-0.39, 0.29) is 1.43 Å². The second-order valence-electron chi connectivity index (χ2n) is 8.21. The Kier molecular flexibility index (Phi) is 5.27. The summed E-state index contributed by atoms with van der Waals surface area (Å²) in [6.45, 7) is 1.75. The van der Waals surface area contributed by atoms with Crippen LogP contribution in [0.1, 0.15) is 66.1 Å². The maximum Gasteiger partial charge on any atom is 0.220 e. The Hall–Kier alpha value is -1.06. The highest BCUT2D eigenvalue weighted by atomic mass is 16.1. The van der Waals surface area contributed by atoms with E-state index in [0.717, 1.165) is 42.4 Å². The Morgan fingerprint density at radius 3 is 2.35 bits per heavy atom. The molecule has 0 spiro atoms. The molecule has 5 fully saturated rings. The average molecular weight is 322 g/mol. The number of fused-ring (bicyclic) bond motifs is 1. The predicted molar refractivity (Wildman–Crippen MR) is 96.3 cm³/mol. The number of carbonyl (C=O) groups excluding carboxylic acids is 1. The van der Waals surface area contributed by atoms with Crippen LogP contribution in [0.25, 0.3) is 0 Å². The van der Waals surface area contributed by atoms with Gasteiger partial charge in [-0.05, 0) is 62.2 Å². The lowest BCUT2D eigenvalue weighted by molar-refractivity contribution is -0.122. The summed E-state index contributed by atoms with van der Waals surface area (Å²) in [4.78, 5) is 15.6. The molecule has 4 bridgehead atoms. The topological polar surface area (TPSA) is 67.5 Å². The molecule has 132 valence electrons. The fourth-order valence-electron chi connectivity index (χ4n) is 5.38.